The van der Waals surface area contributed by atoms with Crippen molar-refractivity contribution in [2.24, 2.45) is 5.73 Å². The minimum Gasteiger partial charge on any atom is -0.468 e. The first-order chi connectivity index (χ1) is 8.74. The number of hydrogen-bond acceptors (Lipinski definition) is 4. The molecule has 1 unspecified atom stereocenters. The molecule has 2 aromatic heterocycles. The minimum atomic E-state index is 0.277. The third kappa shape index (κ3) is 3.02. The molecule has 0 bridgehead atoms. The Balaban J connectivity index is 2.13. The monoisotopic (exact) mass is 264 g/mol. The van der Waals surface area contributed by atoms with E-state index in [1.807, 2.05) is 23.5 Å². The van der Waals surface area contributed by atoms with Crippen molar-refractivity contribution >= 4 is 11.3 Å². The normalized spacial score (nSPS) is 13.1. The molecule has 2 aromatic rings. The van der Waals surface area contributed by atoms with E-state index in [1.54, 1.807) is 6.26 Å². The topological polar surface area (TPSA) is 42.4 Å². The second kappa shape index (κ2) is 6.18. The Morgan fingerprint density at radius 2 is 2.22 bits per heavy atom. The molecule has 4 heteroatoms. The van der Waals surface area contributed by atoms with Crippen molar-refractivity contribution in [1.82, 2.24) is 4.90 Å². The number of rotatable bonds is 6. The molecule has 0 radical (unpaired) electrons. The standard InChI is InChI=1S/C14H20N2OS/c1-3-16(10-12-5-4-8-17-12)13(9-15)14-7-6-11(2)18-14/h4-8,13H,3,9-10,15H2,1-2H3. The highest BCUT2D eigenvalue weighted by Gasteiger charge is 2.20. The van der Waals surface area contributed by atoms with Crippen LogP contribution in [0.3, 0.4) is 0 Å². The summed E-state index contributed by atoms with van der Waals surface area (Å²) in [5.74, 6) is 0.989. The van der Waals surface area contributed by atoms with E-state index in [0.717, 1.165) is 18.8 Å². The summed E-state index contributed by atoms with van der Waals surface area (Å²) in [6, 6.07) is 8.55. The quantitative estimate of drug-likeness (QED) is 0.871. The molecule has 0 aliphatic heterocycles. The van der Waals surface area contributed by atoms with Crippen molar-refractivity contribution in [1.29, 1.82) is 0 Å². The van der Waals surface area contributed by atoms with Crippen molar-refractivity contribution in [3.63, 3.8) is 0 Å². The molecular weight excluding hydrogens is 244 g/mol. The fourth-order valence-electron chi connectivity index (χ4n) is 2.12. The van der Waals surface area contributed by atoms with E-state index in [0.29, 0.717) is 6.54 Å². The first-order valence-electron chi connectivity index (χ1n) is 6.27. The summed E-state index contributed by atoms with van der Waals surface area (Å²) in [6.45, 7) is 6.69. The van der Waals surface area contributed by atoms with Crippen LogP contribution in [-0.4, -0.2) is 18.0 Å². The molecule has 0 aromatic carbocycles. The van der Waals surface area contributed by atoms with Crippen molar-refractivity contribution in [2.75, 3.05) is 13.1 Å². The maximum atomic E-state index is 5.95. The Morgan fingerprint density at radius 3 is 2.72 bits per heavy atom. The molecular formula is C14H20N2OS. The lowest BCUT2D eigenvalue weighted by Gasteiger charge is -2.28. The van der Waals surface area contributed by atoms with Crippen LogP contribution in [0.4, 0.5) is 0 Å². The van der Waals surface area contributed by atoms with Gasteiger partial charge >= 0.3 is 0 Å². The summed E-state index contributed by atoms with van der Waals surface area (Å²) < 4.78 is 5.42. The fourth-order valence-corrected chi connectivity index (χ4v) is 3.15. The van der Waals surface area contributed by atoms with E-state index in [4.69, 9.17) is 10.2 Å². The van der Waals surface area contributed by atoms with E-state index in [-0.39, 0.29) is 6.04 Å². The van der Waals surface area contributed by atoms with Gasteiger partial charge in [0.15, 0.2) is 0 Å². The van der Waals surface area contributed by atoms with E-state index < -0.39 is 0 Å². The van der Waals surface area contributed by atoms with Crippen LogP contribution in [0.2, 0.25) is 0 Å². The summed E-state index contributed by atoms with van der Waals surface area (Å²) in [6.07, 6.45) is 1.72. The van der Waals surface area contributed by atoms with Crippen LogP contribution < -0.4 is 5.73 Å². The van der Waals surface area contributed by atoms with Gasteiger partial charge in [0.25, 0.3) is 0 Å². The average Bonchev–Trinajstić information content (AvgIpc) is 3.01. The molecule has 0 saturated carbocycles. The zero-order valence-corrected chi connectivity index (χ0v) is 11.7. The molecule has 3 nitrogen and oxygen atoms in total. The van der Waals surface area contributed by atoms with Gasteiger partial charge in [-0.1, -0.05) is 6.92 Å². The van der Waals surface area contributed by atoms with Crippen LogP contribution in [0.1, 0.15) is 28.5 Å². The predicted molar refractivity (Wildman–Crippen MR) is 75.6 cm³/mol. The lowest BCUT2D eigenvalue weighted by atomic mass is 10.2. The Bertz CT molecular complexity index is 464. The van der Waals surface area contributed by atoms with Crippen LogP contribution in [0.5, 0.6) is 0 Å². The first kappa shape index (κ1) is 13.3. The molecule has 0 aliphatic rings. The van der Waals surface area contributed by atoms with Gasteiger partial charge in [-0.25, -0.2) is 0 Å². The van der Waals surface area contributed by atoms with Gasteiger partial charge in [-0.15, -0.1) is 11.3 Å². The van der Waals surface area contributed by atoms with Crippen LogP contribution in [0, 0.1) is 6.92 Å². The Hall–Kier alpha value is -1.10. The fraction of sp³-hybridized carbons (Fsp3) is 0.429. The summed E-state index contributed by atoms with van der Waals surface area (Å²) in [7, 11) is 0. The molecule has 2 rings (SSSR count). The first-order valence-corrected chi connectivity index (χ1v) is 7.09. The van der Waals surface area contributed by atoms with Gasteiger partial charge in [0.1, 0.15) is 5.76 Å². The Kier molecular flexibility index (Phi) is 4.58. The van der Waals surface area contributed by atoms with Crippen LogP contribution >= 0.6 is 11.3 Å². The molecule has 18 heavy (non-hydrogen) atoms. The van der Waals surface area contributed by atoms with Gasteiger partial charge in [0.2, 0.25) is 0 Å². The number of thiophene rings is 1. The third-order valence-corrected chi connectivity index (χ3v) is 4.20. The number of hydrogen-bond donors (Lipinski definition) is 1. The highest BCUT2D eigenvalue weighted by atomic mass is 32.1. The highest BCUT2D eigenvalue weighted by Crippen LogP contribution is 2.28. The van der Waals surface area contributed by atoms with Crippen LogP contribution in [-0.2, 0) is 6.54 Å². The Labute approximate surface area is 112 Å². The highest BCUT2D eigenvalue weighted by molar-refractivity contribution is 7.12. The van der Waals surface area contributed by atoms with Crippen molar-refractivity contribution in [3.8, 4) is 0 Å². The smallest absolute Gasteiger partial charge is 0.117 e. The number of nitrogens with two attached hydrogens (primary N) is 1. The molecule has 2 heterocycles. The molecule has 1 atom stereocenters. The van der Waals surface area contributed by atoms with Gasteiger partial charge in [0, 0.05) is 16.3 Å². The third-order valence-electron chi connectivity index (χ3n) is 3.10. The zero-order valence-electron chi connectivity index (χ0n) is 10.9. The van der Waals surface area contributed by atoms with Crippen LogP contribution in [0.15, 0.2) is 34.9 Å². The Morgan fingerprint density at radius 1 is 1.39 bits per heavy atom. The molecule has 98 valence electrons. The van der Waals surface area contributed by atoms with E-state index in [2.05, 4.69) is 30.9 Å². The van der Waals surface area contributed by atoms with Gasteiger partial charge in [-0.3, -0.25) is 4.90 Å². The second-order valence-electron chi connectivity index (χ2n) is 4.34. The molecule has 0 spiro atoms. The zero-order chi connectivity index (χ0) is 13.0. The average molecular weight is 264 g/mol. The van der Waals surface area contributed by atoms with E-state index >= 15 is 0 Å². The number of nitrogens with zero attached hydrogens (tertiary/aromatic N) is 1. The van der Waals surface area contributed by atoms with Crippen molar-refractivity contribution < 1.29 is 4.42 Å². The summed E-state index contributed by atoms with van der Waals surface area (Å²) in [4.78, 5) is 5.02. The van der Waals surface area contributed by atoms with Crippen molar-refractivity contribution in [2.45, 2.75) is 26.4 Å². The van der Waals surface area contributed by atoms with Gasteiger partial charge < -0.3 is 10.2 Å². The maximum absolute atomic E-state index is 5.95. The second-order valence-corrected chi connectivity index (χ2v) is 5.66. The molecule has 0 fully saturated rings. The SMILES string of the molecule is CCN(Cc1ccco1)C(CN)c1ccc(C)s1. The van der Waals surface area contributed by atoms with Gasteiger partial charge in [0.05, 0.1) is 18.8 Å². The number of furan rings is 1. The lowest BCUT2D eigenvalue weighted by Crippen LogP contribution is -2.32. The molecule has 2 N–H and O–H groups in total. The van der Waals surface area contributed by atoms with E-state index in [9.17, 15) is 0 Å². The maximum Gasteiger partial charge on any atom is 0.117 e. The summed E-state index contributed by atoms with van der Waals surface area (Å²) in [5.41, 5.74) is 5.95. The summed E-state index contributed by atoms with van der Waals surface area (Å²) in [5, 5.41) is 0. The van der Waals surface area contributed by atoms with E-state index in [1.165, 1.54) is 9.75 Å². The molecule has 0 amide bonds. The minimum absolute atomic E-state index is 0.277. The molecule has 0 aliphatic carbocycles. The largest absolute Gasteiger partial charge is 0.468 e. The molecule has 0 saturated heterocycles. The predicted octanol–water partition coefficient (Wildman–Crippen LogP) is 3.17. The van der Waals surface area contributed by atoms with Gasteiger partial charge in [-0.05, 0) is 37.7 Å². The number of aryl methyl sites for hydroxylation is 1. The van der Waals surface area contributed by atoms with Gasteiger partial charge in [-0.2, -0.15) is 0 Å². The van der Waals surface area contributed by atoms with Crippen molar-refractivity contribution in [3.05, 3.63) is 46.0 Å². The van der Waals surface area contributed by atoms with Crippen LogP contribution in [0.25, 0.3) is 0 Å². The number of likely N-dealkylation sites (N-methyl/N-ethyl adjacent to an activating group) is 1. The lowest BCUT2D eigenvalue weighted by molar-refractivity contribution is 0.190. The summed E-state index contributed by atoms with van der Waals surface area (Å²) >= 11 is 1.82.